The second-order valence-electron chi connectivity index (χ2n) is 4.63. The summed E-state index contributed by atoms with van der Waals surface area (Å²) in [5.41, 5.74) is 5.54. The smallest absolute Gasteiger partial charge is 0.244 e. The lowest BCUT2D eigenvalue weighted by atomic mass is 9.93. The molecule has 1 heterocycles. The summed E-state index contributed by atoms with van der Waals surface area (Å²) in [6, 6.07) is 0. The van der Waals surface area contributed by atoms with Crippen LogP contribution in [-0.4, -0.2) is 51.2 Å². The van der Waals surface area contributed by atoms with Crippen molar-refractivity contribution in [3.05, 3.63) is 6.33 Å². The molecule has 0 aliphatic carbocycles. The summed E-state index contributed by atoms with van der Waals surface area (Å²) in [6.45, 7) is 5.35. The van der Waals surface area contributed by atoms with Crippen LogP contribution in [0.15, 0.2) is 6.33 Å². The summed E-state index contributed by atoms with van der Waals surface area (Å²) >= 11 is 0. The molecule has 0 unspecified atom stereocenters. The molecule has 0 saturated heterocycles. The van der Waals surface area contributed by atoms with Crippen LogP contribution in [0.5, 0.6) is 0 Å². The lowest BCUT2D eigenvalue weighted by Crippen LogP contribution is -2.41. The monoisotopic (exact) mass is 262 g/mol. The highest BCUT2D eigenvalue weighted by atomic mass is 35.5. The SMILES string of the molecule is CN(CC(C)(C)CN)C(=O)Cn1cnnn1.Cl. The predicted molar refractivity (Wildman–Crippen MR) is 65.5 cm³/mol. The molecule has 0 aliphatic heterocycles. The summed E-state index contributed by atoms with van der Waals surface area (Å²) in [5, 5.41) is 10.6. The highest BCUT2D eigenvalue weighted by Gasteiger charge is 2.21. The van der Waals surface area contributed by atoms with Gasteiger partial charge in [-0.15, -0.1) is 17.5 Å². The number of nitrogens with two attached hydrogens (primary N) is 1. The van der Waals surface area contributed by atoms with E-state index in [-0.39, 0.29) is 30.3 Å². The minimum Gasteiger partial charge on any atom is -0.344 e. The van der Waals surface area contributed by atoms with Crippen molar-refractivity contribution in [2.45, 2.75) is 20.4 Å². The van der Waals surface area contributed by atoms with Gasteiger partial charge in [0, 0.05) is 13.6 Å². The van der Waals surface area contributed by atoms with Gasteiger partial charge in [-0.25, -0.2) is 4.68 Å². The number of carbonyl (C=O) groups excluding carboxylic acids is 1. The van der Waals surface area contributed by atoms with E-state index in [1.807, 2.05) is 13.8 Å². The second-order valence-corrected chi connectivity index (χ2v) is 4.63. The van der Waals surface area contributed by atoms with E-state index in [0.717, 1.165) is 0 Å². The molecule has 1 aromatic rings. The quantitative estimate of drug-likeness (QED) is 0.775. The molecule has 0 spiro atoms. The molecule has 0 aliphatic rings. The molecule has 0 aromatic carbocycles. The molecule has 1 amide bonds. The van der Waals surface area contributed by atoms with E-state index in [4.69, 9.17) is 5.73 Å². The Balaban J connectivity index is 0.00000256. The number of rotatable bonds is 5. The highest BCUT2D eigenvalue weighted by Crippen LogP contribution is 2.13. The van der Waals surface area contributed by atoms with Gasteiger partial charge in [-0.3, -0.25) is 4.79 Å². The average molecular weight is 263 g/mol. The molecule has 0 saturated carbocycles. The third kappa shape index (κ3) is 5.10. The van der Waals surface area contributed by atoms with E-state index < -0.39 is 0 Å². The van der Waals surface area contributed by atoms with Crippen molar-refractivity contribution in [1.29, 1.82) is 0 Å². The summed E-state index contributed by atoms with van der Waals surface area (Å²) in [7, 11) is 1.75. The Hall–Kier alpha value is -1.21. The number of hydrogen-bond donors (Lipinski definition) is 1. The second kappa shape index (κ2) is 6.51. The van der Waals surface area contributed by atoms with E-state index in [0.29, 0.717) is 13.1 Å². The molecular weight excluding hydrogens is 244 g/mol. The normalized spacial score (nSPS) is 10.8. The summed E-state index contributed by atoms with van der Waals surface area (Å²) in [6.07, 6.45) is 1.42. The molecule has 0 atom stereocenters. The zero-order chi connectivity index (χ0) is 12.2. The van der Waals surface area contributed by atoms with Crippen molar-refractivity contribution < 1.29 is 4.79 Å². The lowest BCUT2D eigenvalue weighted by molar-refractivity contribution is -0.131. The van der Waals surface area contributed by atoms with E-state index in [2.05, 4.69) is 15.5 Å². The first-order valence-electron chi connectivity index (χ1n) is 5.09. The Labute approximate surface area is 107 Å². The van der Waals surface area contributed by atoms with Gasteiger partial charge in [-0.1, -0.05) is 13.8 Å². The van der Waals surface area contributed by atoms with Crippen LogP contribution in [0.4, 0.5) is 0 Å². The Morgan fingerprint density at radius 2 is 2.18 bits per heavy atom. The van der Waals surface area contributed by atoms with E-state index in [9.17, 15) is 4.79 Å². The molecule has 0 bridgehead atoms. The number of halogens is 1. The molecule has 17 heavy (non-hydrogen) atoms. The first-order valence-corrected chi connectivity index (χ1v) is 5.09. The van der Waals surface area contributed by atoms with Gasteiger partial charge in [0.15, 0.2) is 0 Å². The fourth-order valence-electron chi connectivity index (χ4n) is 1.31. The molecule has 2 N–H and O–H groups in total. The molecular formula is C9H19ClN6O. The molecule has 7 nitrogen and oxygen atoms in total. The molecule has 1 rings (SSSR count). The van der Waals surface area contributed by atoms with Crippen molar-refractivity contribution in [2.24, 2.45) is 11.1 Å². The molecule has 0 fully saturated rings. The van der Waals surface area contributed by atoms with Gasteiger partial charge in [0.1, 0.15) is 12.9 Å². The van der Waals surface area contributed by atoms with Gasteiger partial charge in [-0.2, -0.15) is 0 Å². The maximum Gasteiger partial charge on any atom is 0.244 e. The summed E-state index contributed by atoms with van der Waals surface area (Å²) in [4.78, 5) is 13.4. The van der Waals surface area contributed by atoms with Crippen molar-refractivity contribution >= 4 is 18.3 Å². The highest BCUT2D eigenvalue weighted by molar-refractivity contribution is 5.85. The van der Waals surface area contributed by atoms with Crippen LogP contribution in [0.1, 0.15) is 13.8 Å². The van der Waals surface area contributed by atoms with Crippen LogP contribution in [0.2, 0.25) is 0 Å². The van der Waals surface area contributed by atoms with E-state index in [1.165, 1.54) is 11.0 Å². The average Bonchev–Trinajstić information content (AvgIpc) is 2.69. The van der Waals surface area contributed by atoms with Crippen LogP contribution in [-0.2, 0) is 11.3 Å². The van der Waals surface area contributed by atoms with Crippen molar-refractivity contribution in [3.8, 4) is 0 Å². The minimum absolute atomic E-state index is 0. The number of aromatic nitrogens is 4. The predicted octanol–water partition coefficient (Wildman–Crippen LogP) is -0.462. The number of tetrazole rings is 1. The topological polar surface area (TPSA) is 89.9 Å². The van der Waals surface area contributed by atoms with E-state index >= 15 is 0 Å². The number of carbonyl (C=O) groups is 1. The minimum atomic E-state index is -0.0783. The van der Waals surface area contributed by atoms with Gasteiger partial charge < -0.3 is 10.6 Å². The fourth-order valence-corrected chi connectivity index (χ4v) is 1.31. The first kappa shape index (κ1) is 15.8. The first-order chi connectivity index (χ1) is 7.44. The molecule has 1 aromatic heterocycles. The Kier molecular flexibility index (Phi) is 6.04. The Morgan fingerprint density at radius 1 is 1.53 bits per heavy atom. The zero-order valence-electron chi connectivity index (χ0n) is 10.3. The molecule has 0 radical (unpaired) electrons. The van der Waals surface area contributed by atoms with Crippen LogP contribution in [0.3, 0.4) is 0 Å². The fraction of sp³-hybridized carbons (Fsp3) is 0.778. The standard InChI is InChI=1S/C9H18N6O.ClH/c1-9(2,5-10)6-14(3)8(16)4-15-7-11-12-13-15;/h7H,4-6,10H2,1-3H3;1H. The van der Waals surface area contributed by atoms with Crippen LogP contribution < -0.4 is 5.73 Å². The third-order valence-electron chi connectivity index (χ3n) is 2.33. The number of likely N-dealkylation sites (N-methyl/N-ethyl adjacent to an activating group) is 1. The van der Waals surface area contributed by atoms with Gasteiger partial charge in [-0.05, 0) is 22.4 Å². The third-order valence-corrected chi connectivity index (χ3v) is 2.33. The number of nitrogens with zero attached hydrogens (tertiary/aromatic N) is 5. The van der Waals surface area contributed by atoms with Crippen molar-refractivity contribution in [1.82, 2.24) is 25.1 Å². The van der Waals surface area contributed by atoms with Gasteiger partial charge >= 0.3 is 0 Å². The Morgan fingerprint density at radius 3 is 2.65 bits per heavy atom. The lowest BCUT2D eigenvalue weighted by Gasteiger charge is -2.28. The molecule has 8 heteroatoms. The Bertz CT molecular complexity index is 339. The van der Waals surface area contributed by atoms with Gasteiger partial charge in [0.25, 0.3) is 0 Å². The maximum atomic E-state index is 11.8. The maximum absolute atomic E-state index is 11.8. The largest absolute Gasteiger partial charge is 0.344 e. The van der Waals surface area contributed by atoms with Gasteiger partial charge in [0.05, 0.1) is 0 Å². The number of hydrogen-bond acceptors (Lipinski definition) is 5. The van der Waals surface area contributed by atoms with Crippen LogP contribution >= 0.6 is 12.4 Å². The van der Waals surface area contributed by atoms with Crippen LogP contribution in [0, 0.1) is 5.41 Å². The summed E-state index contributed by atoms with van der Waals surface area (Å²) in [5.74, 6) is -0.0335. The zero-order valence-corrected chi connectivity index (χ0v) is 11.1. The van der Waals surface area contributed by atoms with Crippen LogP contribution in [0.25, 0.3) is 0 Å². The molecule has 98 valence electrons. The van der Waals surface area contributed by atoms with Gasteiger partial charge in [0.2, 0.25) is 5.91 Å². The van der Waals surface area contributed by atoms with Crippen molar-refractivity contribution in [3.63, 3.8) is 0 Å². The van der Waals surface area contributed by atoms with E-state index in [1.54, 1.807) is 11.9 Å². The van der Waals surface area contributed by atoms with Crippen molar-refractivity contribution in [2.75, 3.05) is 20.1 Å². The number of amides is 1. The summed E-state index contributed by atoms with van der Waals surface area (Å²) < 4.78 is 1.40.